The van der Waals surface area contributed by atoms with E-state index in [2.05, 4.69) is 20.6 Å². The third kappa shape index (κ3) is 4.15. The summed E-state index contributed by atoms with van der Waals surface area (Å²) < 4.78 is 13.0. The van der Waals surface area contributed by atoms with Crippen LogP contribution in [-0.4, -0.2) is 15.9 Å². The van der Waals surface area contributed by atoms with Gasteiger partial charge in [0, 0.05) is 11.9 Å². The lowest BCUT2D eigenvalue weighted by Gasteiger charge is -2.12. The van der Waals surface area contributed by atoms with E-state index in [1.807, 2.05) is 19.9 Å². The molecule has 3 rings (SSSR count). The van der Waals surface area contributed by atoms with Gasteiger partial charge in [-0.3, -0.25) is 4.79 Å². The Morgan fingerprint density at radius 1 is 1.12 bits per heavy atom. The van der Waals surface area contributed by atoms with Crippen LogP contribution in [0.25, 0.3) is 0 Å². The molecule has 3 aromatic rings. The number of carbonyl (C=O) groups excluding carboxylic acids is 1. The van der Waals surface area contributed by atoms with Crippen LogP contribution in [0.3, 0.4) is 0 Å². The number of nitrogens with zero attached hydrogens (tertiary/aromatic N) is 2. The molecule has 0 saturated heterocycles. The summed E-state index contributed by atoms with van der Waals surface area (Å²) >= 11 is 6.23. The monoisotopic (exact) mass is 370 g/mol. The van der Waals surface area contributed by atoms with Crippen molar-refractivity contribution in [3.05, 3.63) is 76.3 Å². The zero-order valence-electron chi connectivity index (χ0n) is 14.2. The first-order chi connectivity index (χ1) is 12.4. The Hall–Kier alpha value is -2.99. The first-order valence-electron chi connectivity index (χ1n) is 7.86. The van der Waals surface area contributed by atoms with Crippen LogP contribution in [0, 0.1) is 19.7 Å². The van der Waals surface area contributed by atoms with Crippen molar-refractivity contribution < 1.29 is 9.18 Å². The maximum atomic E-state index is 13.0. The molecule has 0 aliphatic carbocycles. The Balaban J connectivity index is 1.79. The molecule has 0 bridgehead atoms. The number of rotatable bonds is 4. The van der Waals surface area contributed by atoms with Gasteiger partial charge in [-0.05, 0) is 61.4 Å². The predicted octanol–water partition coefficient (Wildman–Crippen LogP) is 4.88. The lowest BCUT2D eigenvalue weighted by atomic mass is 10.1. The van der Waals surface area contributed by atoms with E-state index < -0.39 is 5.91 Å². The molecule has 1 amide bonds. The lowest BCUT2D eigenvalue weighted by Crippen LogP contribution is -2.16. The van der Waals surface area contributed by atoms with Gasteiger partial charge in [0.15, 0.2) is 0 Å². The fraction of sp³-hybridized carbons (Fsp3) is 0.105. The first kappa shape index (κ1) is 17.8. The molecule has 1 aromatic heterocycles. The molecular weight excluding hydrogens is 355 g/mol. The largest absolute Gasteiger partial charge is 0.324 e. The molecule has 0 spiro atoms. The highest BCUT2D eigenvalue weighted by atomic mass is 35.5. The Kier molecular flexibility index (Phi) is 5.14. The van der Waals surface area contributed by atoms with Crippen LogP contribution in [0.1, 0.15) is 21.6 Å². The molecule has 2 N–H and O–H groups in total. The zero-order chi connectivity index (χ0) is 18.7. The van der Waals surface area contributed by atoms with Crippen LogP contribution in [-0.2, 0) is 0 Å². The number of halogens is 2. The topological polar surface area (TPSA) is 66.9 Å². The molecule has 0 unspecified atom stereocenters. The molecule has 0 aliphatic heterocycles. The van der Waals surface area contributed by atoms with Crippen molar-refractivity contribution in [2.45, 2.75) is 13.8 Å². The van der Waals surface area contributed by atoms with Crippen LogP contribution < -0.4 is 10.6 Å². The SMILES string of the molecule is Cc1cc(C)c(NC(=O)c2ccnc(Nc3ccc(F)cc3)n2)c(Cl)c1. The summed E-state index contributed by atoms with van der Waals surface area (Å²) in [6, 6.07) is 11.0. The molecule has 5 nitrogen and oxygen atoms in total. The summed E-state index contributed by atoms with van der Waals surface area (Å²) in [5.74, 6) is -0.505. The molecular formula is C19H16ClFN4O. The van der Waals surface area contributed by atoms with Crippen LogP contribution in [0.2, 0.25) is 5.02 Å². The second-order valence-corrected chi connectivity index (χ2v) is 6.20. The minimum Gasteiger partial charge on any atom is -0.324 e. The van der Waals surface area contributed by atoms with E-state index in [1.54, 1.807) is 18.2 Å². The highest BCUT2D eigenvalue weighted by Gasteiger charge is 2.13. The zero-order valence-corrected chi connectivity index (χ0v) is 14.9. The number of hydrogen-bond donors (Lipinski definition) is 2. The standard InChI is InChI=1S/C19H16ClFN4O/c1-11-9-12(2)17(15(20)10-11)25-18(26)16-7-8-22-19(24-16)23-14-5-3-13(21)4-6-14/h3-10H,1-2H3,(H,25,26)(H,22,23,24). The van der Waals surface area contributed by atoms with Crippen molar-refractivity contribution >= 4 is 34.8 Å². The van der Waals surface area contributed by atoms with Crippen molar-refractivity contribution in [2.24, 2.45) is 0 Å². The summed E-state index contributed by atoms with van der Waals surface area (Å²) in [5.41, 5.74) is 3.22. The Labute approximate surface area is 155 Å². The van der Waals surface area contributed by atoms with Crippen LogP contribution in [0.4, 0.5) is 21.7 Å². The summed E-state index contributed by atoms with van der Waals surface area (Å²) in [6.07, 6.45) is 1.47. The lowest BCUT2D eigenvalue weighted by molar-refractivity contribution is 0.102. The van der Waals surface area contributed by atoms with Gasteiger partial charge >= 0.3 is 0 Å². The van der Waals surface area contributed by atoms with Gasteiger partial charge in [0.1, 0.15) is 11.5 Å². The molecule has 0 fully saturated rings. The van der Waals surface area contributed by atoms with Gasteiger partial charge in [-0.25, -0.2) is 14.4 Å². The summed E-state index contributed by atoms with van der Waals surface area (Å²) in [5, 5.41) is 6.17. The number of aromatic nitrogens is 2. The maximum Gasteiger partial charge on any atom is 0.274 e. The van der Waals surface area contributed by atoms with E-state index in [0.717, 1.165) is 11.1 Å². The van der Waals surface area contributed by atoms with Gasteiger partial charge in [-0.2, -0.15) is 0 Å². The number of aryl methyl sites for hydroxylation is 2. The normalized spacial score (nSPS) is 10.5. The predicted molar refractivity (Wildman–Crippen MR) is 101 cm³/mol. The van der Waals surface area contributed by atoms with E-state index >= 15 is 0 Å². The van der Waals surface area contributed by atoms with Crippen LogP contribution >= 0.6 is 11.6 Å². The summed E-state index contributed by atoms with van der Waals surface area (Å²) in [4.78, 5) is 20.8. The van der Waals surface area contributed by atoms with Gasteiger partial charge in [-0.1, -0.05) is 17.7 Å². The number of hydrogen-bond acceptors (Lipinski definition) is 4. The molecule has 1 heterocycles. The smallest absolute Gasteiger partial charge is 0.274 e. The quantitative estimate of drug-likeness (QED) is 0.686. The molecule has 0 aliphatic rings. The molecule has 2 aromatic carbocycles. The van der Waals surface area contributed by atoms with Crippen molar-refractivity contribution in [2.75, 3.05) is 10.6 Å². The Bertz CT molecular complexity index is 937. The summed E-state index contributed by atoms with van der Waals surface area (Å²) in [7, 11) is 0. The van der Waals surface area contributed by atoms with E-state index in [0.29, 0.717) is 16.4 Å². The van der Waals surface area contributed by atoms with Crippen molar-refractivity contribution in [1.82, 2.24) is 9.97 Å². The van der Waals surface area contributed by atoms with Gasteiger partial charge in [0.25, 0.3) is 5.91 Å². The average molecular weight is 371 g/mol. The van der Waals surface area contributed by atoms with Crippen LogP contribution in [0.5, 0.6) is 0 Å². The highest BCUT2D eigenvalue weighted by molar-refractivity contribution is 6.34. The van der Waals surface area contributed by atoms with E-state index in [1.165, 1.54) is 24.4 Å². The van der Waals surface area contributed by atoms with Crippen molar-refractivity contribution in [3.63, 3.8) is 0 Å². The molecule has 26 heavy (non-hydrogen) atoms. The molecule has 7 heteroatoms. The van der Waals surface area contributed by atoms with Crippen molar-refractivity contribution in [1.29, 1.82) is 0 Å². The van der Waals surface area contributed by atoms with Gasteiger partial charge in [0.2, 0.25) is 5.95 Å². The highest BCUT2D eigenvalue weighted by Crippen LogP contribution is 2.27. The number of amides is 1. The van der Waals surface area contributed by atoms with E-state index in [4.69, 9.17) is 11.6 Å². The number of anilines is 3. The average Bonchev–Trinajstić information content (AvgIpc) is 2.60. The van der Waals surface area contributed by atoms with Crippen molar-refractivity contribution in [3.8, 4) is 0 Å². The number of nitrogens with one attached hydrogen (secondary N) is 2. The third-order valence-corrected chi connectivity index (χ3v) is 3.96. The minimum absolute atomic E-state index is 0.181. The number of carbonyl (C=O) groups is 1. The van der Waals surface area contributed by atoms with Gasteiger partial charge < -0.3 is 10.6 Å². The maximum absolute atomic E-state index is 13.0. The third-order valence-electron chi connectivity index (χ3n) is 3.66. The molecule has 0 atom stereocenters. The van der Waals surface area contributed by atoms with Crippen LogP contribution in [0.15, 0.2) is 48.7 Å². The minimum atomic E-state index is -0.400. The fourth-order valence-corrected chi connectivity index (χ4v) is 2.83. The second kappa shape index (κ2) is 7.49. The Morgan fingerprint density at radius 3 is 2.54 bits per heavy atom. The molecule has 0 radical (unpaired) electrons. The second-order valence-electron chi connectivity index (χ2n) is 5.79. The van der Waals surface area contributed by atoms with Gasteiger partial charge in [0.05, 0.1) is 10.7 Å². The van der Waals surface area contributed by atoms with E-state index in [-0.39, 0.29) is 17.5 Å². The fourth-order valence-electron chi connectivity index (χ4n) is 2.46. The Morgan fingerprint density at radius 2 is 1.85 bits per heavy atom. The molecule has 0 saturated carbocycles. The summed E-state index contributed by atoms with van der Waals surface area (Å²) in [6.45, 7) is 3.80. The number of benzene rings is 2. The molecule has 132 valence electrons. The first-order valence-corrected chi connectivity index (χ1v) is 8.24. The van der Waals surface area contributed by atoms with Gasteiger partial charge in [-0.15, -0.1) is 0 Å². The van der Waals surface area contributed by atoms with E-state index in [9.17, 15) is 9.18 Å².